The average Bonchev–Trinajstić information content (AvgIpc) is 1.56. The summed E-state index contributed by atoms with van der Waals surface area (Å²) in [5.74, 6) is -2.40. The van der Waals surface area contributed by atoms with Gasteiger partial charge >= 0.3 is 6.09 Å². The molecule has 5 aliphatic heterocycles. The molecule has 1 saturated heterocycles. The highest BCUT2D eigenvalue weighted by Gasteiger charge is 2.58. The van der Waals surface area contributed by atoms with E-state index in [1.807, 2.05) is 36.5 Å². The second-order valence-electron chi connectivity index (χ2n) is 25.4. The molecule has 2 unspecified atom stereocenters. The van der Waals surface area contributed by atoms with Gasteiger partial charge in [-0.05, 0) is 129 Å². The highest BCUT2D eigenvalue weighted by atomic mass is 16.6. The third kappa shape index (κ3) is 16.7. The number of amides is 10. The van der Waals surface area contributed by atoms with Crippen LogP contribution in [0.25, 0.3) is 5.57 Å². The van der Waals surface area contributed by atoms with Crippen LogP contribution in [-0.4, -0.2) is 177 Å². The maximum atomic E-state index is 14.5. The van der Waals surface area contributed by atoms with Crippen molar-refractivity contribution in [2.45, 2.75) is 128 Å². The number of carbonyl (C=O) groups excluding carboxylic acids is 10. The Morgan fingerprint density at radius 1 is 0.691 bits per heavy atom. The molecule has 1 aliphatic carbocycles. The van der Waals surface area contributed by atoms with E-state index in [0.717, 1.165) is 39.5 Å². The number of imide groups is 1. The van der Waals surface area contributed by atoms with Crippen LogP contribution in [0.5, 0.6) is 28.7 Å². The first-order valence-corrected chi connectivity index (χ1v) is 32.8. The Balaban J connectivity index is 0.680. The lowest BCUT2D eigenvalue weighted by Crippen LogP contribution is -2.55. The van der Waals surface area contributed by atoms with Crippen molar-refractivity contribution in [1.82, 2.24) is 36.0 Å². The number of hydrogen-bond acceptors (Lipinski definition) is 18. The molecule has 27 nitrogen and oxygen atoms in total. The quantitative estimate of drug-likeness (QED) is 0.0240. The van der Waals surface area contributed by atoms with Gasteiger partial charge in [0.15, 0.2) is 29.2 Å². The second-order valence-corrected chi connectivity index (χ2v) is 25.4. The Kier molecular flexibility index (Phi) is 22.4. The van der Waals surface area contributed by atoms with Gasteiger partial charge in [-0.25, -0.2) is 9.69 Å². The summed E-state index contributed by atoms with van der Waals surface area (Å²) in [6.07, 6.45) is 8.56. The maximum absolute atomic E-state index is 14.5. The van der Waals surface area contributed by atoms with Gasteiger partial charge in [-0.2, -0.15) is 0 Å². The Morgan fingerprint density at radius 3 is 2.00 bits per heavy atom. The van der Waals surface area contributed by atoms with Crippen molar-refractivity contribution in [2.24, 2.45) is 11.3 Å². The van der Waals surface area contributed by atoms with Gasteiger partial charge in [0.25, 0.3) is 23.6 Å². The summed E-state index contributed by atoms with van der Waals surface area (Å²) in [6.45, 7) is 5.52. The van der Waals surface area contributed by atoms with E-state index in [1.54, 1.807) is 61.1 Å². The van der Waals surface area contributed by atoms with Gasteiger partial charge in [-0.3, -0.25) is 48.1 Å². The summed E-state index contributed by atoms with van der Waals surface area (Å²) < 4.78 is 35.2. The van der Waals surface area contributed by atoms with Crippen molar-refractivity contribution in [3.05, 3.63) is 113 Å². The number of nitrogens with zero attached hydrogens (tertiary/aromatic N) is 4. The van der Waals surface area contributed by atoms with E-state index in [0.29, 0.717) is 105 Å². The van der Waals surface area contributed by atoms with Gasteiger partial charge < -0.3 is 75.2 Å². The molecule has 1 saturated carbocycles. The molecule has 5 heterocycles. The molecule has 0 bridgehead atoms. The largest absolute Gasteiger partial charge is 0.497 e. The van der Waals surface area contributed by atoms with E-state index in [1.165, 1.54) is 45.4 Å². The number of unbranched alkanes of at least 4 members (excludes halogenated alkanes) is 4. The number of aliphatic hydroxyl groups excluding tert-OH is 1. The van der Waals surface area contributed by atoms with Crippen LogP contribution < -0.4 is 60.5 Å². The number of benzene rings is 4. The molecule has 97 heavy (non-hydrogen) atoms. The number of methoxy groups -OCH3 is 3. The summed E-state index contributed by atoms with van der Waals surface area (Å²) in [4.78, 5) is 136. The second kappa shape index (κ2) is 31.1. The summed E-state index contributed by atoms with van der Waals surface area (Å²) in [6, 6.07) is 17.8. The first-order valence-electron chi connectivity index (χ1n) is 32.8. The van der Waals surface area contributed by atoms with E-state index in [4.69, 9.17) is 28.4 Å². The van der Waals surface area contributed by atoms with Crippen molar-refractivity contribution >= 4 is 81.9 Å². The summed E-state index contributed by atoms with van der Waals surface area (Å²) >= 11 is 0. The van der Waals surface area contributed by atoms with E-state index >= 15 is 0 Å². The Hall–Kier alpha value is -10.2. The zero-order valence-corrected chi connectivity index (χ0v) is 55.3. The van der Waals surface area contributed by atoms with Crippen LogP contribution >= 0.6 is 0 Å². The van der Waals surface area contributed by atoms with Gasteiger partial charge in [0.2, 0.25) is 29.5 Å². The number of fused-ring (bicyclic) bond motifs is 4. The number of nitrogens with one attached hydrogen (secondary N) is 6. The van der Waals surface area contributed by atoms with Crippen molar-refractivity contribution in [3.63, 3.8) is 0 Å². The summed E-state index contributed by atoms with van der Waals surface area (Å²) in [5.41, 5.74) is 4.19. The number of rotatable bonds is 30. The topological polar surface area (TPSA) is 331 Å². The van der Waals surface area contributed by atoms with E-state index < -0.39 is 66.5 Å². The molecule has 1 spiro atoms. The molecule has 4 aromatic rings. The van der Waals surface area contributed by atoms with Crippen LogP contribution in [0.4, 0.5) is 21.9 Å². The lowest BCUT2D eigenvalue weighted by atomic mass is 10.0. The van der Waals surface area contributed by atoms with Gasteiger partial charge in [0.1, 0.15) is 24.4 Å². The highest BCUT2D eigenvalue weighted by molar-refractivity contribution is 6.13. The zero-order chi connectivity index (χ0) is 69.1. The normalized spacial score (nSPS) is 18.5. The van der Waals surface area contributed by atoms with Crippen molar-refractivity contribution < 1.29 is 81.5 Å². The molecule has 7 N–H and O–H groups in total. The number of ether oxygens (including phenoxy) is 6. The molecule has 5 atom stereocenters. The third-order valence-electron chi connectivity index (χ3n) is 18.2. The molecule has 10 amide bonds. The molecule has 4 aromatic carbocycles. The number of hydrogen-bond donors (Lipinski definition) is 7. The van der Waals surface area contributed by atoms with Crippen LogP contribution in [0.3, 0.4) is 0 Å². The van der Waals surface area contributed by atoms with Crippen molar-refractivity contribution in [3.8, 4) is 28.7 Å². The number of aliphatic hydroxyl groups is 1. The predicted molar refractivity (Wildman–Crippen MR) is 354 cm³/mol. The maximum Gasteiger partial charge on any atom is 0.416 e. The molecule has 2 fully saturated rings. The molecule has 6 aliphatic rings. The molecule has 10 rings (SSSR count). The number of anilines is 3. The van der Waals surface area contributed by atoms with Crippen molar-refractivity contribution in [1.29, 1.82) is 0 Å². The number of carbonyl (C=O) groups is 10. The molecule has 516 valence electrons. The standard InChI is InChI=1S/C70H84N10O17/c1-41(2)63(76-60(83)37-73-59(82)36-72-58(81)13-9-7-10-26-77-61(84)22-23-62(77)85)65(87)74-42(3)64(86)75-46-18-14-43(15-19-46)39-97-69(91)80-52-33-57(55(94-6)31-50(52)67(89)79-40-70(24-25-70)34-53(79)68(80)90)96-28-12-8-11-27-95-56-32-51-49(30-54(56)93-5)66(88)78-38-45(29-47(78)35-71-51)44-16-20-48(92-4)21-17-44/h14-23,30-33,38,41-42,47,53,63,68,71,90H,7-13,24-29,34-37,39-40H2,1-6H3,(H,72,81)(H,73,82)(H,74,87)(H,75,86)(H,76,83)/t42?,47-,53+,63-,68?/m1/s1. The highest BCUT2D eigenvalue weighted by Crippen LogP contribution is 2.57. The minimum atomic E-state index is -1.47. The van der Waals surface area contributed by atoms with Gasteiger partial charge in [0, 0.05) is 62.2 Å². The van der Waals surface area contributed by atoms with Gasteiger partial charge in [-0.1, -0.05) is 44.5 Å². The fraction of sp³-hybridized carbons (Fsp3) is 0.457. The predicted octanol–water partition coefficient (Wildman–Crippen LogP) is 5.79. The Labute approximate surface area is 561 Å². The van der Waals surface area contributed by atoms with Crippen LogP contribution in [0, 0.1) is 11.3 Å². The molecular formula is C70H84N10O17. The lowest BCUT2D eigenvalue weighted by Gasteiger charge is -2.31. The van der Waals surface area contributed by atoms with Crippen LogP contribution in [0.15, 0.2) is 91.1 Å². The fourth-order valence-corrected chi connectivity index (χ4v) is 12.5. The zero-order valence-electron chi connectivity index (χ0n) is 55.3. The van der Waals surface area contributed by atoms with E-state index in [2.05, 4.69) is 31.9 Å². The Bertz CT molecular complexity index is 3700. The minimum absolute atomic E-state index is 0.0747. The lowest BCUT2D eigenvalue weighted by molar-refractivity contribution is -0.137. The smallest absolute Gasteiger partial charge is 0.416 e. The molecular weight excluding hydrogens is 1250 g/mol. The first-order chi connectivity index (χ1) is 46.7. The molecule has 0 aromatic heterocycles. The SMILES string of the molecule is COc1ccc(C2=CN3C(=O)c4cc(OC)c(OCCCCCOc5cc6c(cc5OC)C(=O)N5CC7(CC7)C[C@H]5C(O)N6C(=O)OCc5ccc(NC(=O)C(C)NC(=O)[C@H](NC(=O)CNC(=O)CNC(=O)CCCCCN6C(=O)C=CC6=O)C(C)C)cc5)cc4NC[C@H]3C2)cc1. The van der Waals surface area contributed by atoms with Crippen molar-refractivity contribution in [2.75, 3.05) is 82.8 Å². The minimum Gasteiger partial charge on any atom is -0.497 e. The summed E-state index contributed by atoms with van der Waals surface area (Å²) in [5, 5.41) is 28.4. The Morgan fingerprint density at radius 2 is 1.34 bits per heavy atom. The van der Waals surface area contributed by atoms with Crippen LogP contribution in [0.1, 0.15) is 123 Å². The van der Waals surface area contributed by atoms with Crippen LogP contribution in [-0.2, 0) is 44.9 Å². The summed E-state index contributed by atoms with van der Waals surface area (Å²) in [7, 11) is 4.62. The van der Waals surface area contributed by atoms with Gasteiger partial charge in [0.05, 0.1) is 82.2 Å². The molecule has 0 radical (unpaired) electrons. The average molecular weight is 1340 g/mol. The monoisotopic (exact) mass is 1340 g/mol. The van der Waals surface area contributed by atoms with E-state index in [-0.39, 0.29) is 96.5 Å². The molecule has 27 heteroatoms. The van der Waals surface area contributed by atoms with Crippen LogP contribution in [0.2, 0.25) is 0 Å². The first kappa shape index (κ1) is 69.6. The fourth-order valence-electron chi connectivity index (χ4n) is 12.5. The van der Waals surface area contributed by atoms with E-state index in [9.17, 15) is 53.1 Å². The van der Waals surface area contributed by atoms with Gasteiger partial charge in [-0.15, -0.1) is 0 Å². The third-order valence-corrected chi connectivity index (χ3v) is 18.2.